The summed E-state index contributed by atoms with van der Waals surface area (Å²) in [5, 5.41) is 8.49. The van der Waals surface area contributed by atoms with Crippen LogP contribution in [0.1, 0.15) is 0 Å². The predicted octanol–water partition coefficient (Wildman–Crippen LogP) is 12.0. The monoisotopic (exact) mass is 565 g/mol. The van der Waals surface area contributed by atoms with Crippen LogP contribution >= 0.6 is 22.9 Å². The van der Waals surface area contributed by atoms with Gasteiger partial charge in [0.25, 0.3) is 5.78 Å². The zero-order chi connectivity index (χ0) is 27.1. The molecule has 5 heteroatoms. The molecule has 41 heavy (non-hydrogen) atoms. The van der Waals surface area contributed by atoms with Crippen LogP contribution in [0.3, 0.4) is 0 Å². The fourth-order valence-corrected chi connectivity index (χ4v) is 7.36. The number of fused-ring (bicyclic) bond motifs is 9. The molecule has 0 aliphatic rings. The van der Waals surface area contributed by atoms with E-state index in [0.717, 1.165) is 44.4 Å². The molecule has 0 N–H and O–H groups in total. The second-order valence-corrected chi connectivity index (χ2v) is 11.8. The van der Waals surface area contributed by atoms with Crippen molar-refractivity contribution in [1.29, 1.82) is 0 Å². The normalized spacial score (nSPS) is 12.0. The lowest BCUT2D eigenvalue weighted by molar-refractivity contribution is 0.524. The van der Waals surface area contributed by atoms with E-state index in [4.69, 9.17) is 20.4 Å². The first-order valence-corrected chi connectivity index (χ1v) is 14.6. The Morgan fingerprint density at radius 1 is 0.537 bits per heavy atom. The number of halogens is 1. The molecule has 9 aromatic rings. The molecule has 0 saturated heterocycles. The van der Waals surface area contributed by atoms with Crippen molar-refractivity contribution in [1.82, 2.24) is 0 Å². The maximum Gasteiger partial charge on any atom is 0.299 e. The quantitative estimate of drug-likeness (QED) is 0.213. The highest BCUT2D eigenvalue weighted by molar-refractivity contribution is 7.25. The summed E-state index contributed by atoms with van der Waals surface area (Å²) < 4.78 is 14.9. The van der Waals surface area contributed by atoms with Gasteiger partial charge in [-0.25, -0.2) is 0 Å². The number of furan rings is 2. The highest BCUT2D eigenvalue weighted by Crippen LogP contribution is 2.45. The van der Waals surface area contributed by atoms with E-state index in [1.54, 1.807) is 0 Å². The summed E-state index contributed by atoms with van der Waals surface area (Å²) in [4.78, 5) is 2.33. The molecule has 0 aliphatic heterocycles. The molecule has 194 valence electrons. The van der Waals surface area contributed by atoms with E-state index in [9.17, 15) is 0 Å². The van der Waals surface area contributed by atoms with Gasteiger partial charge in [-0.05, 0) is 66.0 Å². The van der Waals surface area contributed by atoms with Gasteiger partial charge in [0, 0.05) is 58.8 Å². The lowest BCUT2D eigenvalue weighted by Crippen LogP contribution is -2.10. The molecule has 6 aromatic carbocycles. The van der Waals surface area contributed by atoms with Gasteiger partial charge in [-0.3, -0.25) is 0 Å². The average Bonchev–Trinajstić information content (AvgIpc) is 3.66. The van der Waals surface area contributed by atoms with Crippen LogP contribution in [0, 0.1) is 0 Å². The zero-order valence-corrected chi connectivity index (χ0v) is 23.2. The minimum Gasteiger partial charge on any atom is -0.425 e. The van der Waals surface area contributed by atoms with Crippen molar-refractivity contribution in [2.24, 2.45) is 0 Å². The van der Waals surface area contributed by atoms with Crippen LogP contribution in [-0.4, -0.2) is 0 Å². The molecule has 0 aliphatic carbocycles. The summed E-state index contributed by atoms with van der Waals surface area (Å²) in [6.45, 7) is 0. The van der Waals surface area contributed by atoms with Gasteiger partial charge in [0.05, 0.1) is 11.1 Å². The van der Waals surface area contributed by atoms with E-state index >= 15 is 0 Å². The zero-order valence-electron chi connectivity index (χ0n) is 21.6. The second kappa shape index (κ2) is 8.61. The number of thiophene rings is 1. The first-order valence-electron chi connectivity index (χ1n) is 13.4. The molecule has 3 aromatic heterocycles. The van der Waals surface area contributed by atoms with Crippen LogP contribution in [0.15, 0.2) is 130 Å². The van der Waals surface area contributed by atoms with Crippen molar-refractivity contribution in [2.75, 3.05) is 4.90 Å². The van der Waals surface area contributed by atoms with Crippen molar-refractivity contribution >= 4 is 104 Å². The van der Waals surface area contributed by atoms with E-state index in [2.05, 4.69) is 108 Å². The molecule has 9 rings (SSSR count). The standard InChI is InChI=1S/C36H20ClNO2S/c37-22-12-16-31-29(18-22)35-27-15-13-24(20-32(27)40-36(35)39-31)38(30-10-5-7-21-6-1-2-8-25(21)30)23-14-17-34-28(19-23)26-9-3-4-11-33(26)41-34/h1-20H. The summed E-state index contributed by atoms with van der Waals surface area (Å²) in [6.07, 6.45) is 0. The van der Waals surface area contributed by atoms with Crippen LogP contribution in [0.4, 0.5) is 17.1 Å². The summed E-state index contributed by atoms with van der Waals surface area (Å²) in [7, 11) is 0. The van der Waals surface area contributed by atoms with Crippen LogP contribution in [0.5, 0.6) is 0 Å². The van der Waals surface area contributed by atoms with E-state index in [-0.39, 0.29) is 0 Å². The number of benzene rings is 6. The van der Waals surface area contributed by atoms with E-state index in [1.165, 1.54) is 30.9 Å². The second-order valence-electron chi connectivity index (χ2n) is 10.3. The summed E-state index contributed by atoms with van der Waals surface area (Å²) >= 11 is 8.17. The van der Waals surface area contributed by atoms with Crippen LogP contribution in [0.2, 0.25) is 5.02 Å². The summed E-state index contributed by atoms with van der Waals surface area (Å²) in [5.74, 6) is 0.511. The minimum atomic E-state index is 0.511. The van der Waals surface area contributed by atoms with Crippen molar-refractivity contribution < 1.29 is 8.83 Å². The topological polar surface area (TPSA) is 29.5 Å². The fraction of sp³-hybridized carbons (Fsp3) is 0. The lowest BCUT2D eigenvalue weighted by Gasteiger charge is -2.27. The molecule has 0 fully saturated rings. The maximum absolute atomic E-state index is 6.34. The number of hydrogen-bond donors (Lipinski definition) is 0. The van der Waals surface area contributed by atoms with Crippen LogP contribution < -0.4 is 4.90 Å². The average molecular weight is 566 g/mol. The van der Waals surface area contributed by atoms with Crippen molar-refractivity contribution in [3.63, 3.8) is 0 Å². The fourth-order valence-electron chi connectivity index (χ4n) is 6.10. The Balaban J connectivity index is 1.31. The van der Waals surface area contributed by atoms with Crippen LogP contribution in [-0.2, 0) is 0 Å². The molecule has 3 nitrogen and oxygen atoms in total. The van der Waals surface area contributed by atoms with Gasteiger partial charge in [0.2, 0.25) is 0 Å². The Morgan fingerprint density at radius 3 is 2.24 bits per heavy atom. The Kier molecular flexibility index (Phi) is 4.83. The number of anilines is 3. The Morgan fingerprint density at radius 2 is 1.29 bits per heavy atom. The minimum absolute atomic E-state index is 0.511. The van der Waals surface area contributed by atoms with Gasteiger partial charge in [0.15, 0.2) is 0 Å². The molecule has 0 bridgehead atoms. The lowest BCUT2D eigenvalue weighted by atomic mass is 10.0. The van der Waals surface area contributed by atoms with Gasteiger partial charge in [-0.15, -0.1) is 11.3 Å². The Bertz CT molecular complexity index is 2460. The first kappa shape index (κ1) is 23.0. The highest BCUT2D eigenvalue weighted by atomic mass is 35.5. The van der Waals surface area contributed by atoms with Gasteiger partial charge in [-0.2, -0.15) is 0 Å². The van der Waals surface area contributed by atoms with Gasteiger partial charge in [0.1, 0.15) is 11.2 Å². The Hall–Kier alpha value is -4.77. The molecular weight excluding hydrogens is 546 g/mol. The van der Waals surface area contributed by atoms with Crippen molar-refractivity contribution in [3.8, 4) is 0 Å². The van der Waals surface area contributed by atoms with Crippen LogP contribution in [0.25, 0.3) is 64.0 Å². The molecule has 0 spiro atoms. The summed E-state index contributed by atoms with van der Waals surface area (Å²) in [6, 6.07) is 42.4. The Labute approximate surface area is 243 Å². The molecular formula is C36H20ClNO2S. The third-order valence-electron chi connectivity index (χ3n) is 7.94. The van der Waals surface area contributed by atoms with Crippen molar-refractivity contribution in [3.05, 3.63) is 126 Å². The predicted molar refractivity (Wildman–Crippen MR) is 174 cm³/mol. The van der Waals surface area contributed by atoms with Crippen molar-refractivity contribution in [2.45, 2.75) is 0 Å². The smallest absolute Gasteiger partial charge is 0.299 e. The molecule has 0 saturated carbocycles. The van der Waals surface area contributed by atoms with E-state index in [1.807, 2.05) is 29.5 Å². The molecule has 3 heterocycles. The molecule has 0 amide bonds. The maximum atomic E-state index is 6.34. The highest BCUT2D eigenvalue weighted by Gasteiger charge is 2.21. The van der Waals surface area contributed by atoms with Gasteiger partial charge >= 0.3 is 0 Å². The molecule has 0 atom stereocenters. The molecule has 0 unspecified atom stereocenters. The first-order chi connectivity index (χ1) is 20.2. The molecule has 0 radical (unpaired) electrons. The largest absolute Gasteiger partial charge is 0.425 e. The summed E-state index contributed by atoms with van der Waals surface area (Å²) in [5.41, 5.74) is 4.73. The number of hydrogen-bond acceptors (Lipinski definition) is 4. The van der Waals surface area contributed by atoms with Gasteiger partial charge in [-0.1, -0.05) is 66.2 Å². The third kappa shape index (κ3) is 3.45. The third-order valence-corrected chi connectivity index (χ3v) is 9.33. The van der Waals surface area contributed by atoms with Gasteiger partial charge < -0.3 is 13.7 Å². The van der Waals surface area contributed by atoms with E-state index in [0.29, 0.717) is 10.8 Å². The van der Waals surface area contributed by atoms with E-state index < -0.39 is 0 Å². The number of rotatable bonds is 3. The SMILES string of the molecule is Clc1ccc2oc3oc4cc(N(c5ccc6sc7ccccc7c6c5)c5cccc6ccccc56)ccc4c3c2c1. The number of nitrogens with zero attached hydrogens (tertiary/aromatic N) is 1.